The van der Waals surface area contributed by atoms with Crippen LogP contribution in [0, 0.1) is 6.92 Å². The summed E-state index contributed by atoms with van der Waals surface area (Å²) in [6.45, 7) is 7.06. The zero-order valence-electron chi connectivity index (χ0n) is 15.7. The van der Waals surface area contributed by atoms with E-state index < -0.39 is 21.8 Å². The van der Waals surface area contributed by atoms with E-state index in [-0.39, 0.29) is 17.9 Å². The number of ether oxygens (including phenoxy) is 1. The quantitative estimate of drug-likeness (QED) is 0.751. The molecule has 0 spiro atoms. The third-order valence-corrected chi connectivity index (χ3v) is 4.55. The second-order valence-corrected chi connectivity index (χ2v) is 8.47. The molecule has 2 aromatic rings. The molecule has 0 aliphatic rings. The molecule has 0 atom stereocenters. The van der Waals surface area contributed by atoms with Gasteiger partial charge in [-0.3, -0.25) is 9.50 Å². The zero-order valence-corrected chi connectivity index (χ0v) is 16.5. The molecule has 0 bridgehead atoms. The highest BCUT2D eigenvalue weighted by atomic mass is 32.2. The van der Waals surface area contributed by atoms with Gasteiger partial charge >= 0.3 is 6.09 Å². The molecule has 27 heavy (non-hydrogen) atoms. The van der Waals surface area contributed by atoms with Crippen molar-refractivity contribution >= 4 is 21.9 Å². The Labute approximate surface area is 159 Å². The zero-order chi connectivity index (χ0) is 20.1. The van der Waals surface area contributed by atoms with E-state index in [4.69, 9.17) is 8.92 Å². The summed E-state index contributed by atoms with van der Waals surface area (Å²) < 4.78 is 34.3. The SMILES string of the molecule is Cc1ccc(S(=O)(=O)OCCc2ncc(NC(=O)OC(C)(C)C)cn2)cc1. The molecule has 9 heteroatoms. The fraction of sp³-hybridized carbons (Fsp3) is 0.389. The highest BCUT2D eigenvalue weighted by Gasteiger charge is 2.17. The van der Waals surface area contributed by atoms with Crippen LogP contribution in [0.5, 0.6) is 0 Å². The van der Waals surface area contributed by atoms with Crippen LogP contribution in [0.3, 0.4) is 0 Å². The van der Waals surface area contributed by atoms with Gasteiger partial charge in [-0.05, 0) is 39.8 Å². The van der Waals surface area contributed by atoms with Crippen LogP contribution in [0.25, 0.3) is 0 Å². The van der Waals surface area contributed by atoms with Gasteiger partial charge in [-0.2, -0.15) is 8.42 Å². The molecule has 146 valence electrons. The average Bonchev–Trinajstić information content (AvgIpc) is 2.55. The van der Waals surface area contributed by atoms with Gasteiger partial charge in [0.05, 0.1) is 29.6 Å². The second kappa shape index (κ2) is 8.45. The molecule has 0 aliphatic carbocycles. The van der Waals surface area contributed by atoms with Gasteiger partial charge in [0.15, 0.2) is 0 Å². The predicted molar refractivity (Wildman–Crippen MR) is 99.9 cm³/mol. The summed E-state index contributed by atoms with van der Waals surface area (Å²) in [6.07, 6.45) is 2.44. The lowest BCUT2D eigenvalue weighted by Gasteiger charge is -2.19. The molecule has 8 nitrogen and oxygen atoms in total. The summed E-state index contributed by atoms with van der Waals surface area (Å²) in [5.41, 5.74) is 0.731. The van der Waals surface area contributed by atoms with Crippen molar-refractivity contribution in [1.82, 2.24) is 9.97 Å². The van der Waals surface area contributed by atoms with Crippen molar-refractivity contribution in [2.24, 2.45) is 0 Å². The standard InChI is InChI=1S/C18H23N3O5S/c1-13-5-7-15(8-6-13)27(23,24)25-10-9-16-19-11-14(12-20-16)21-17(22)26-18(2,3)4/h5-8,11-12H,9-10H2,1-4H3,(H,21,22). The number of hydrogen-bond donors (Lipinski definition) is 1. The number of rotatable bonds is 6. The van der Waals surface area contributed by atoms with E-state index in [0.29, 0.717) is 11.5 Å². The smallest absolute Gasteiger partial charge is 0.412 e. The van der Waals surface area contributed by atoms with Gasteiger partial charge in [0.25, 0.3) is 10.1 Å². The number of benzene rings is 1. The van der Waals surface area contributed by atoms with Crippen molar-refractivity contribution < 1.29 is 22.1 Å². The van der Waals surface area contributed by atoms with E-state index in [1.54, 1.807) is 32.9 Å². The predicted octanol–water partition coefficient (Wildman–Crippen LogP) is 3.08. The summed E-state index contributed by atoms with van der Waals surface area (Å²) in [4.78, 5) is 19.9. The van der Waals surface area contributed by atoms with Crippen molar-refractivity contribution in [3.05, 3.63) is 48.0 Å². The summed E-state index contributed by atoms with van der Waals surface area (Å²) in [5.74, 6) is 0.392. The Kier molecular flexibility index (Phi) is 6.50. The third kappa shape index (κ3) is 6.95. The van der Waals surface area contributed by atoms with E-state index in [1.165, 1.54) is 24.5 Å². The van der Waals surface area contributed by atoms with Crippen molar-refractivity contribution in [2.75, 3.05) is 11.9 Å². The number of anilines is 1. The molecule has 0 fully saturated rings. The van der Waals surface area contributed by atoms with Crippen LogP contribution in [0.4, 0.5) is 10.5 Å². The van der Waals surface area contributed by atoms with Crippen LogP contribution in [-0.2, 0) is 25.5 Å². The number of carbonyl (C=O) groups is 1. The molecule has 2 rings (SSSR count). The van der Waals surface area contributed by atoms with Crippen molar-refractivity contribution in [1.29, 1.82) is 0 Å². The Balaban J connectivity index is 1.86. The Morgan fingerprint density at radius 1 is 1.11 bits per heavy atom. The number of aromatic nitrogens is 2. The van der Waals surface area contributed by atoms with E-state index >= 15 is 0 Å². The van der Waals surface area contributed by atoms with Crippen LogP contribution in [0.15, 0.2) is 41.6 Å². The maximum atomic E-state index is 12.1. The van der Waals surface area contributed by atoms with E-state index in [1.807, 2.05) is 6.92 Å². The lowest BCUT2D eigenvalue weighted by molar-refractivity contribution is 0.0635. The van der Waals surface area contributed by atoms with E-state index in [0.717, 1.165) is 5.56 Å². The van der Waals surface area contributed by atoms with Gasteiger partial charge < -0.3 is 4.74 Å². The normalized spacial score (nSPS) is 11.9. The number of hydrogen-bond acceptors (Lipinski definition) is 7. The summed E-state index contributed by atoms with van der Waals surface area (Å²) in [7, 11) is -3.82. The molecule has 1 N–H and O–H groups in total. The fourth-order valence-electron chi connectivity index (χ4n) is 1.99. The Bertz CT molecular complexity index is 873. The molecule has 1 heterocycles. The first-order chi connectivity index (χ1) is 12.5. The number of nitrogens with zero attached hydrogens (tertiary/aromatic N) is 2. The summed E-state index contributed by atoms with van der Waals surface area (Å²) in [5, 5.41) is 2.52. The fourth-order valence-corrected chi connectivity index (χ4v) is 2.89. The molecule has 0 saturated heterocycles. The minimum absolute atomic E-state index is 0.0882. The molecule has 0 unspecified atom stereocenters. The Morgan fingerprint density at radius 2 is 1.70 bits per heavy atom. The van der Waals surface area contributed by atoms with Gasteiger partial charge in [0, 0.05) is 6.42 Å². The molecule has 0 saturated carbocycles. The maximum Gasteiger partial charge on any atom is 0.412 e. The van der Waals surface area contributed by atoms with Crippen LogP contribution in [-0.4, -0.2) is 36.7 Å². The van der Waals surface area contributed by atoms with E-state index in [2.05, 4.69) is 15.3 Å². The second-order valence-electron chi connectivity index (χ2n) is 6.85. The van der Waals surface area contributed by atoms with Crippen molar-refractivity contribution in [3.63, 3.8) is 0 Å². The van der Waals surface area contributed by atoms with Crippen LogP contribution < -0.4 is 5.32 Å². The maximum absolute atomic E-state index is 12.1. The summed E-state index contributed by atoms with van der Waals surface area (Å²) >= 11 is 0. The van der Waals surface area contributed by atoms with E-state index in [9.17, 15) is 13.2 Å². The van der Waals surface area contributed by atoms with Crippen LogP contribution in [0.2, 0.25) is 0 Å². The van der Waals surface area contributed by atoms with Crippen LogP contribution >= 0.6 is 0 Å². The minimum Gasteiger partial charge on any atom is -0.444 e. The largest absolute Gasteiger partial charge is 0.444 e. The number of nitrogens with one attached hydrogen (secondary N) is 1. The summed E-state index contributed by atoms with van der Waals surface area (Å²) in [6, 6.07) is 6.40. The minimum atomic E-state index is -3.82. The highest BCUT2D eigenvalue weighted by Crippen LogP contribution is 2.14. The monoisotopic (exact) mass is 393 g/mol. The van der Waals surface area contributed by atoms with Gasteiger partial charge in [0.1, 0.15) is 11.4 Å². The van der Waals surface area contributed by atoms with Gasteiger partial charge in [-0.1, -0.05) is 17.7 Å². The molecule has 1 amide bonds. The molecule has 0 radical (unpaired) electrons. The van der Waals surface area contributed by atoms with Crippen molar-refractivity contribution in [2.45, 2.75) is 44.6 Å². The molecule has 0 aliphatic heterocycles. The van der Waals surface area contributed by atoms with Gasteiger partial charge in [-0.25, -0.2) is 14.8 Å². The first-order valence-electron chi connectivity index (χ1n) is 8.32. The Morgan fingerprint density at radius 3 is 2.26 bits per heavy atom. The topological polar surface area (TPSA) is 107 Å². The average molecular weight is 393 g/mol. The van der Waals surface area contributed by atoms with Gasteiger partial charge in [-0.15, -0.1) is 0 Å². The molecule has 1 aromatic heterocycles. The lowest BCUT2D eigenvalue weighted by Crippen LogP contribution is -2.27. The third-order valence-electron chi connectivity index (χ3n) is 3.22. The van der Waals surface area contributed by atoms with Gasteiger partial charge in [0.2, 0.25) is 0 Å². The molecule has 1 aromatic carbocycles. The lowest BCUT2D eigenvalue weighted by atomic mass is 10.2. The highest BCUT2D eigenvalue weighted by molar-refractivity contribution is 7.86. The van der Waals surface area contributed by atoms with Crippen molar-refractivity contribution in [3.8, 4) is 0 Å². The molecular weight excluding hydrogens is 370 g/mol. The Hall–Kier alpha value is -2.52. The number of aryl methyl sites for hydroxylation is 1. The number of carbonyl (C=O) groups excluding carboxylic acids is 1. The first-order valence-corrected chi connectivity index (χ1v) is 9.73. The van der Waals surface area contributed by atoms with Crippen LogP contribution in [0.1, 0.15) is 32.2 Å². The first kappa shape index (κ1) is 20.8. The molecular formula is C18H23N3O5S. The number of amides is 1.